The van der Waals surface area contributed by atoms with E-state index in [2.05, 4.69) is 37.4 Å². The summed E-state index contributed by atoms with van der Waals surface area (Å²) in [6, 6.07) is 5.41. The van der Waals surface area contributed by atoms with Crippen molar-refractivity contribution in [1.29, 1.82) is 0 Å². The van der Waals surface area contributed by atoms with Crippen LogP contribution in [0.5, 0.6) is 0 Å². The lowest BCUT2D eigenvalue weighted by Gasteiger charge is -1.90. The molecule has 1 rings (SSSR count). The first-order valence-electron chi connectivity index (χ1n) is 2.84. The van der Waals surface area contributed by atoms with Gasteiger partial charge in [-0.05, 0) is 32.2 Å². The molecule has 0 amide bonds. The third-order valence-electron chi connectivity index (χ3n) is 0.988. The summed E-state index contributed by atoms with van der Waals surface area (Å²) >= 11 is 2.11. The highest BCUT2D eigenvalue weighted by Crippen LogP contribution is 2.07. The minimum atomic E-state index is 0.509. The van der Waals surface area contributed by atoms with Gasteiger partial charge in [0.05, 0.1) is 0 Å². The highest BCUT2D eigenvalue weighted by atomic mass is 127. The Morgan fingerprint density at radius 1 is 1.55 bits per heavy atom. The van der Waals surface area contributed by atoms with Crippen LogP contribution in [0, 0.1) is 11.2 Å². The van der Waals surface area contributed by atoms with E-state index in [4.69, 9.17) is 5.73 Å². The molecule has 0 bridgehead atoms. The van der Waals surface area contributed by atoms with E-state index in [1.165, 1.54) is 8.93 Å². The molecule has 0 saturated heterocycles. The summed E-state index contributed by atoms with van der Waals surface area (Å²) in [5.41, 5.74) is 6.16. The van der Waals surface area contributed by atoms with E-state index in [1.54, 1.807) is 6.07 Å². The lowest BCUT2D eigenvalue weighted by molar-refractivity contribution is 1.30. The first-order valence-corrected chi connectivity index (χ1v) is 6.20. The molecule has 1 heterocycles. The largest absolute Gasteiger partial charge is 0.384 e. The van der Waals surface area contributed by atoms with Crippen molar-refractivity contribution in [3.8, 4) is 11.2 Å². The van der Waals surface area contributed by atoms with Crippen molar-refractivity contribution in [2.75, 3.05) is 5.73 Å². The van der Waals surface area contributed by atoms with Crippen LogP contribution >= 0.6 is 30.1 Å². The zero-order valence-corrected chi connectivity index (χ0v) is 8.52. The monoisotopic (exact) mass is 276 g/mol. The van der Waals surface area contributed by atoms with Gasteiger partial charge in [-0.2, -0.15) is 0 Å². The van der Waals surface area contributed by atoms with Crippen molar-refractivity contribution in [2.45, 2.75) is 0 Å². The third kappa shape index (κ3) is 2.99. The normalized spacial score (nSPS) is 8.45. The number of pyridine rings is 1. The van der Waals surface area contributed by atoms with E-state index < -0.39 is 0 Å². The Labute approximate surface area is 81.6 Å². The summed E-state index contributed by atoms with van der Waals surface area (Å²) in [6.07, 6.45) is 0. The van der Waals surface area contributed by atoms with Gasteiger partial charge in [-0.25, -0.2) is 4.98 Å². The predicted octanol–water partition coefficient (Wildman–Crippen LogP) is 2.06. The molecule has 1 aromatic heterocycles. The lowest BCUT2D eigenvalue weighted by atomic mass is 10.3. The minimum absolute atomic E-state index is 0.509. The van der Waals surface area contributed by atoms with E-state index >= 15 is 0 Å². The highest BCUT2D eigenvalue weighted by molar-refractivity contribution is 14.2. The van der Waals surface area contributed by atoms with Crippen LogP contribution in [-0.2, 0) is 0 Å². The number of anilines is 1. The average molecular weight is 276 g/mol. The molecule has 11 heavy (non-hydrogen) atoms. The Hall–Kier alpha value is -0.410. The van der Waals surface area contributed by atoms with Crippen molar-refractivity contribution in [3.63, 3.8) is 0 Å². The second-order valence-electron chi connectivity index (χ2n) is 1.75. The van der Waals surface area contributed by atoms with E-state index in [9.17, 15) is 0 Å². The quantitative estimate of drug-likeness (QED) is 0.582. The fourth-order valence-electron chi connectivity index (χ4n) is 0.593. The van der Waals surface area contributed by atoms with Crippen molar-refractivity contribution < 1.29 is 0 Å². The van der Waals surface area contributed by atoms with Gasteiger partial charge in [-0.3, -0.25) is 0 Å². The summed E-state index contributed by atoms with van der Waals surface area (Å²) in [5, 5.41) is 2.83. The van der Waals surface area contributed by atoms with Crippen LogP contribution in [-0.4, -0.2) is 4.98 Å². The summed E-state index contributed by atoms with van der Waals surface area (Å²) in [7, 11) is 1.43. The van der Waals surface area contributed by atoms with Crippen LogP contribution in [0.15, 0.2) is 18.2 Å². The molecular weight excluding hydrogens is 271 g/mol. The second kappa shape index (κ2) is 4.46. The fourth-order valence-corrected chi connectivity index (χ4v) is 1.07. The standard InChI is InChI=1S/C7H5IN2S/c8-11-5-4-6-2-1-3-7(9)10-6/h1-3H,(H2,9,10). The maximum absolute atomic E-state index is 5.44. The molecule has 0 aromatic carbocycles. The molecule has 0 saturated carbocycles. The van der Waals surface area contributed by atoms with E-state index in [0.29, 0.717) is 11.5 Å². The summed E-state index contributed by atoms with van der Waals surface area (Å²) in [5.74, 6) is 3.36. The number of halogens is 1. The Balaban J connectivity index is 2.87. The molecule has 2 nitrogen and oxygen atoms in total. The number of hydrogen-bond acceptors (Lipinski definition) is 3. The van der Waals surface area contributed by atoms with E-state index in [-0.39, 0.29) is 0 Å². The highest BCUT2D eigenvalue weighted by Gasteiger charge is 1.87. The average Bonchev–Trinajstić information content (AvgIpc) is 2.01. The number of nitrogens with two attached hydrogens (primary N) is 1. The van der Waals surface area contributed by atoms with Gasteiger partial charge in [0.1, 0.15) is 11.5 Å². The van der Waals surface area contributed by atoms with Crippen molar-refractivity contribution >= 4 is 36.0 Å². The maximum atomic E-state index is 5.44. The molecule has 0 aliphatic rings. The first kappa shape index (κ1) is 8.68. The van der Waals surface area contributed by atoms with Crippen molar-refractivity contribution in [1.82, 2.24) is 4.98 Å². The molecule has 0 aliphatic carbocycles. The Morgan fingerprint density at radius 3 is 3.00 bits per heavy atom. The maximum Gasteiger partial charge on any atom is 0.124 e. The van der Waals surface area contributed by atoms with Crippen LogP contribution in [0.2, 0.25) is 0 Å². The van der Waals surface area contributed by atoms with Crippen LogP contribution < -0.4 is 5.73 Å². The number of hydrogen-bond donors (Lipinski definition) is 1. The van der Waals surface area contributed by atoms with E-state index in [1.807, 2.05) is 12.1 Å². The van der Waals surface area contributed by atoms with Gasteiger partial charge < -0.3 is 5.73 Å². The number of rotatable bonds is 0. The molecule has 4 heteroatoms. The number of nitrogen functional groups attached to an aromatic ring is 1. The SMILES string of the molecule is Nc1cccc(C#CSI)n1. The topological polar surface area (TPSA) is 38.9 Å². The fraction of sp³-hybridized carbons (Fsp3) is 0. The van der Waals surface area contributed by atoms with Crippen LogP contribution in [0.1, 0.15) is 5.69 Å². The lowest BCUT2D eigenvalue weighted by Crippen LogP contribution is -1.90. The molecular formula is C7H5IN2S. The molecule has 0 unspecified atom stereocenters. The Bertz CT molecular complexity index is 303. The van der Waals surface area contributed by atoms with Gasteiger partial charge in [0, 0.05) is 21.2 Å². The molecule has 0 atom stereocenters. The van der Waals surface area contributed by atoms with Crippen molar-refractivity contribution in [2.24, 2.45) is 0 Å². The van der Waals surface area contributed by atoms with Gasteiger partial charge in [0.15, 0.2) is 0 Å². The summed E-state index contributed by atoms with van der Waals surface area (Å²) in [4.78, 5) is 4.00. The van der Waals surface area contributed by atoms with Crippen molar-refractivity contribution in [3.05, 3.63) is 23.9 Å². The van der Waals surface area contributed by atoms with Gasteiger partial charge in [0.2, 0.25) is 0 Å². The zero-order valence-electron chi connectivity index (χ0n) is 5.54. The van der Waals surface area contributed by atoms with Crippen LogP contribution in [0.25, 0.3) is 0 Å². The smallest absolute Gasteiger partial charge is 0.124 e. The molecule has 0 aliphatic heterocycles. The summed E-state index contributed by atoms with van der Waals surface area (Å²) < 4.78 is 0. The number of nitrogens with zero attached hydrogens (tertiary/aromatic N) is 1. The molecule has 0 fully saturated rings. The second-order valence-corrected chi connectivity index (χ2v) is 3.43. The first-order chi connectivity index (χ1) is 5.33. The molecule has 2 N–H and O–H groups in total. The third-order valence-corrected chi connectivity index (χ3v) is 1.83. The molecule has 0 radical (unpaired) electrons. The minimum Gasteiger partial charge on any atom is -0.384 e. The van der Waals surface area contributed by atoms with Crippen LogP contribution in [0.4, 0.5) is 5.82 Å². The van der Waals surface area contributed by atoms with Gasteiger partial charge in [0.25, 0.3) is 0 Å². The zero-order chi connectivity index (χ0) is 8.10. The van der Waals surface area contributed by atoms with E-state index in [0.717, 1.165) is 0 Å². The van der Waals surface area contributed by atoms with Crippen LogP contribution in [0.3, 0.4) is 0 Å². The Kier molecular flexibility index (Phi) is 3.52. The van der Waals surface area contributed by atoms with Gasteiger partial charge >= 0.3 is 0 Å². The molecule has 56 valence electrons. The molecule has 1 aromatic rings. The molecule has 0 spiro atoms. The van der Waals surface area contributed by atoms with Gasteiger partial charge in [-0.15, -0.1) is 0 Å². The number of aromatic nitrogens is 1. The summed E-state index contributed by atoms with van der Waals surface area (Å²) in [6.45, 7) is 0. The van der Waals surface area contributed by atoms with Gasteiger partial charge in [-0.1, -0.05) is 6.07 Å². The predicted molar refractivity (Wildman–Crippen MR) is 57.1 cm³/mol. The Morgan fingerprint density at radius 2 is 2.36 bits per heavy atom.